The van der Waals surface area contributed by atoms with E-state index in [-0.39, 0.29) is 11.9 Å². The fourth-order valence-electron chi connectivity index (χ4n) is 6.16. The molecule has 0 radical (unpaired) electrons. The molecule has 2 aromatic heterocycles. The molecular formula is C29H38N4O. The highest BCUT2D eigenvalue weighted by atomic mass is 16.2. The van der Waals surface area contributed by atoms with Crippen molar-refractivity contribution < 1.29 is 4.79 Å². The molecule has 0 aliphatic carbocycles. The van der Waals surface area contributed by atoms with Crippen LogP contribution in [0.5, 0.6) is 0 Å². The number of benzene rings is 1. The zero-order valence-corrected chi connectivity index (χ0v) is 21.4. The topological polar surface area (TPSA) is 61.0 Å². The lowest BCUT2D eigenvalue weighted by atomic mass is 9.82. The summed E-state index contributed by atoms with van der Waals surface area (Å²) in [6, 6.07) is 12.2. The largest absolute Gasteiger partial charge is 0.354 e. The average Bonchev–Trinajstić information content (AvgIpc) is 3.26. The number of nitrogens with one attached hydrogen (secondary N) is 2. The van der Waals surface area contributed by atoms with Crippen LogP contribution >= 0.6 is 0 Å². The Bertz CT molecular complexity index is 1210. The summed E-state index contributed by atoms with van der Waals surface area (Å²) in [4.78, 5) is 24.1. The van der Waals surface area contributed by atoms with Gasteiger partial charge in [0.1, 0.15) is 0 Å². The molecule has 1 amide bonds. The van der Waals surface area contributed by atoms with Crippen molar-refractivity contribution in [3.63, 3.8) is 0 Å². The summed E-state index contributed by atoms with van der Waals surface area (Å²) >= 11 is 0. The van der Waals surface area contributed by atoms with Crippen molar-refractivity contribution in [2.24, 2.45) is 0 Å². The second-order valence-corrected chi connectivity index (χ2v) is 11.3. The van der Waals surface area contributed by atoms with Crippen LogP contribution in [-0.4, -0.2) is 45.9 Å². The quantitative estimate of drug-likeness (QED) is 0.517. The van der Waals surface area contributed by atoms with Crippen LogP contribution in [0.4, 0.5) is 0 Å². The molecule has 3 atom stereocenters. The highest BCUT2D eigenvalue weighted by Gasteiger charge is 2.40. The number of carbonyl (C=O) groups is 1. The second-order valence-electron chi connectivity index (χ2n) is 11.3. The summed E-state index contributed by atoms with van der Waals surface area (Å²) < 4.78 is 0. The first-order chi connectivity index (χ1) is 16.1. The van der Waals surface area contributed by atoms with Crippen molar-refractivity contribution in [2.45, 2.75) is 89.8 Å². The number of pyridine rings is 1. The number of hydrogen-bond donors (Lipinski definition) is 2. The molecule has 34 heavy (non-hydrogen) atoms. The van der Waals surface area contributed by atoms with E-state index in [2.05, 4.69) is 85.3 Å². The average molecular weight is 459 g/mol. The summed E-state index contributed by atoms with van der Waals surface area (Å²) in [5.41, 5.74) is 6.18. The first-order valence-electron chi connectivity index (χ1n) is 12.8. The monoisotopic (exact) mass is 458 g/mol. The Labute approximate surface area is 203 Å². The van der Waals surface area contributed by atoms with E-state index in [1.165, 1.54) is 23.8 Å². The van der Waals surface area contributed by atoms with E-state index in [1.807, 2.05) is 13.1 Å². The van der Waals surface area contributed by atoms with Crippen LogP contribution in [0.1, 0.15) is 76.1 Å². The third kappa shape index (κ3) is 3.94. The molecule has 1 aromatic carbocycles. The van der Waals surface area contributed by atoms with Crippen LogP contribution in [0, 0.1) is 6.92 Å². The van der Waals surface area contributed by atoms with Gasteiger partial charge in [-0.05, 0) is 94.8 Å². The fourth-order valence-corrected chi connectivity index (χ4v) is 6.16. The number of fused-ring (bicyclic) bond motifs is 3. The third-order valence-corrected chi connectivity index (χ3v) is 8.32. The van der Waals surface area contributed by atoms with Crippen LogP contribution in [-0.2, 0) is 10.2 Å². The molecule has 5 rings (SSSR count). The molecule has 0 spiro atoms. The fraction of sp³-hybridized carbons (Fsp3) is 0.517. The molecule has 2 fully saturated rings. The van der Waals surface area contributed by atoms with Gasteiger partial charge in [-0.15, -0.1) is 0 Å². The molecule has 5 heteroatoms. The number of nitrogens with zero attached hydrogens (tertiary/aromatic N) is 2. The minimum Gasteiger partial charge on any atom is -0.354 e. The van der Waals surface area contributed by atoms with Crippen LogP contribution in [0.2, 0.25) is 0 Å². The SMILES string of the molecule is Cc1cc(-c2[nH]c3ccc(C(C)(C)C(=O)NC4C[C@H]5CC[C@@H](C4)N5C)cc3c2C(C)C)ccn1. The Morgan fingerprint density at radius 2 is 1.85 bits per heavy atom. The lowest BCUT2D eigenvalue weighted by molar-refractivity contribution is -0.126. The van der Waals surface area contributed by atoms with E-state index in [9.17, 15) is 4.79 Å². The highest BCUT2D eigenvalue weighted by Crippen LogP contribution is 2.38. The minimum atomic E-state index is -0.602. The number of piperidine rings is 1. The maximum atomic E-state index is 13.5. The van der Waals surface area contributed by atoms with Crippen molar-refractivity contribution in [3.05, 3.63) is 53.3 Å². The molecule has 1 unspecified atom stereocenters. The van der Waals surface area contributed by atoms with Gasteiger partial charge < -0.3 is 15.2 Å². The van der Waals surface area contributed by atoms with Gasteiger partial charge in [0.2, 0.25) is 5.91 Å². The number of carbonyl (C=O) groups excluding carboxylic acids is 1. The zero-order chi connectivity index (χ0) is 24.2. The maximum Gasteiger partial charge on any atom is 0.230 e. The Balaban J connectivity index is 1.46. The molecule has 2 aliphatic rings. The molecular weight excluding hydrogens is 420 g/mol. The summed E-state index contributed by atoms with van der Waals surface area (Å²) in [5, 5.41) is 4.63. The predicted octanol–water partition coefficient (Wildman–Crippen LogP) is 5.68. The number of aryl methyl sites for hydroxylation is 1. The molecule has 5 nitrogen and oxygen atoms in total. The lowest BCUT2D eigenvalue weighted by Gasteiger charge is -2.38. The van der Waals surface area contributed by atoms with Crippen molar-refractivity contribution in [1.29, 1.82) is 0 Å². The number of aromatic nitrogens is 2. The smallest absolute Gasteiger partial charge is 0.230 e. The van der Waals surface area contributed by atoms with Gasteiger partial charge in [-0.1, -0.05) is 19.9 Å². The number of amides is 1. The number of H-pyrrole nitrogens is 1. The van der Waals surface area contributed by atoms with Crippen LogP contribution < -0.4 is 5.32 Å². The Morgan fingerprint density at radius 3 is 2.50 bits per heavy atom. The molecule has 2 saturated heterocycles. The summed E-state index contributed by atoms with van der Waals surface area (Å²) in [7, 11) is 2.24. The van der Waals surface area contributed by atoms with E-state index in [1.54, 1.807) is 0 Å². The van der Waals surface area contributed by atoms with Crippen molar-refractivity contribution in [3.8, 4) is 11.3 Å². The van der Waals surface area contributed by atoms with Crippen molar-refractivity contribution >= 4 is 16.8 Å². The van der Waals surface area contributed by atoms with Gasteiger partial charge in [-0.25, -0.2) is 0 Å². The van der Waals surface area contributed by atoms with E-state index in [0.717, 1.165) is 40.9 Å². The lowest BCUT2D eigenvalue weighted by Crippen LogP contribution is -2.52. The van der Waals surface area contributed by atoms with Crippen LogP contribution in [0.3, 0.4) is 0 Å². The van der Waals surface area contributed by atoms with Crippen LogP contribution in [0.25, 0.3) is 22.2 Å². The van der Waals surface area contributed by atoms with Crippen molar-refractivity contribution in [1.82, 2.24) is 20.2 Å². The number of hydrogen-bond acceptors (Lipinski definition) is 3. The summed E-state index contributed by atoms with van der Waals surface area (Å²) in [5.74, 6) is 0.478. The van der Waals surface area contributed by atoms with E-state index in [0.29, 0.717) is 18.0 Å². The van der Waals surface area contributed by atoms with Gasteiger partial charge in [0, 0.05) is 46.5 Å². The third-order valence-electron chi connectivity index (χ3n) is 8.32. The molecule has 3 aromatic rings. The molecule has 0 saturated carbocycles. The molecule has 4 heterocycles. The van der Waals surface area contributed by atoms with Gasteiger partial charge in [0.15, 0.2) is 0 Å². The van der Waals surface area contributed by atoms with E-state index < -0.39 is 5.41 Å². The van der Waals surface area contributed by atoms with Gasteiger partial charge in [0.25, 0.3) is 0 Å². The Kier molecular flexibility index (Phi) is 5.79. The van der Waals surface area contributed by atoms with Crippen molar-refractivity contribution in [2.75, 3.05) is 7.05 Å². The van der Waals surface area contributed by atoms with E-state index >= 15 is 0 Å². The van der Waals surface area contributed by atoms with Gasteiger partial charge in [-0.3, -0.25) is 9.78 Å². The first kappa shape index (κ1) is 23.1. The minimum absolute atomic E-state index is 0.132. The molecule has 2 aliphatic heterocycles. The number of aromatic amines is 1. The normalized spacial score (nSPS) is 23.1. The highest BCUT2D eigenvalue weighted by molar-refractivity contribution is 5.94. The zero-order valence-electron chi connectivity index (χ0n) is 21.4. The summed E-state index contributed by atoms with van der Waals surface area (Å²) in [6.45, 7) is 10.6. The molecule has 180 valence electrons. The van der Waals surface area contributed by atoms with Crippen LogP contribution in [0.15, 0.2) is 36.5 Å². The molecule has 2 N–H and O–H groups in total. The van der Waals surface area contributed by atoms with E-state index in [4.69, 9.17) is 0 Å². The van der Waals surface area contributed by atoms with Gasteiger partial charge >= 0.3 is 0 Å². The van der Waals surface area contributed by atoms with Gasteiger partial charge in [0.05, 0.1) is 11.1 Å². The Morgan fingerprint density at radius 1 is 1.15 bits per heavy atom. The second kappa shape index (κ2) is 8.53. The van der Waals surface area contributed by atoms with Gasteiger partial charge in [-0.2, -0.15) is 0 Å². The Hall–Kier alpha value is -2.66. The maximum absolute atomic E-state index is 13.5. The summed E-state index contributed by atoms with van der Waals surface area (Å²) in [6.07, 6.45) is 6.53. The molecule has 2 bridgehead atoms. The predicted molar refractivity (Wildman–Crippen MR) is 139 cm³/mol. The standard InChI is InChI=1S/C29H38N4O/c1-17(2)26-24-14-20(7-10-25(24)32-27(26)19-11-12-30-18(3)13-19)29(4,5)28(34)31-21-15-22-8-9-23(16-21)33(22)6/h7,10-14,17,21-23,32H,8-9,15-16H2,1-6H3,(H,31,34)/t21?,22-,23+. The number of rotatable bonds is 5. The first-order valence-corrected chi connectivity index (χ1v) is 12.8.